The van der Waals surface area contributed by atoms with E-state index in [2.05, 4.69) is 48.1 Å². The Labute approximate surface area is 363 Å². The van der Waals surface area contributed by atoms with Crippen molar-refractivity contribution in [3.05, 3.63) is 22.5 Å². The summed E-state index contributed by atoms with van der Waals surface area (Å²) in [5.41, 5.74) is 6.54. The standard InChI is InChI=1S/C21H32N6O5.C21H34N6O3/c1-14-12-17(6-9-32-14)24-21-22-13-18(27(29)30)19(25-21)23-16-4-2-15(3-5-16)20(28)26-7-10-31-11-8-26;1-14-12-17(6-9-30-14)25-21-23-13-18(22)19(26-21)24-16-4-2-15(3-5-16)20(28)27-7-10-29-11-8-27/h13-17H,2-12H2,1H3,(H2,22,23,24,25);13-17H,2-12,22H2,1H3,(H2,23,24,25,26)/t2*14-,15?,16?,17-/m00/s1. The number of nitrogens with zero attached hydrogens (tertiary/aromatic N) is 7. The maximum absolute atomic E-state index is 12.7. The third-order valence-electron chi connectivity index (χ3n) is 12.9. The first-order valence-electron chi connectivity index (χ1n) is 22.7. The highest BCUT2D eigenvalue weighted by atomic mass is 16.6. The number of nitrogens with two attached hydrogens (primary N) is 1. The fraction of sp³-hybridized carbons (Fsp3) is 0.762. The summed E-state index contributed by atoms with van der Waals surface area (Å²) in [6, 6.07) is 0.793. The molecule has 2 amide bonds. The molecule has 4 saturated heterocycles. The van der Waals surface area contributed by atoms with Crippen molar-refractivity contribution in [2.75, 3.05) is 92.8 Å². The molecule has 0 bridgehead atoms. The van der Waals surface area contributed by atoms with Gasteiger partial charge in [0.1, 0.15) is 6.20 Å². The first kappa shape index (κ1) is 45.4. The third-order valence-corrected chi connectivity index (χ3v) is 12.9. The number of rotatable bonds is 11. The number of morpholine rings is 2. The van der Waals surface area contributed by atoms with E-state index in [1.807, 2.05) is 16.7 Å². The Morgan fingerprint density at radius 1 is 0.629 bits per heavy atom. The number of carbonyl (C=O) groups excluding carboxylic acids is 2. The predicted octanol–water partition coefficient (Wildman–Crippen LogP) is 4.06. The van der Waals surface area contributed by atoms with Crippen molar-refractivity contribution in [2.24, 2.45) is 11.8 Å². The van der Waals surface area contributed by atoms with Crippen molar-refractivity contribution in [2.45, 2.75) is 127 Å². The van der Waals surface area contributed by atoms with Crippen LogP contribution in [0.15, 0.2) is 12.4 Å². The number of hydrogen-bond acceptors (Lipinski definition) is 17. The zero-order valence-corrected chi connectivity index (χ0v) is 36.3. The van der Waals surface area contributed by atoms with Gasteiger partial charge in [-0.25, -0.2) is 9.97 Å². The fourth-order valence-electron chi connectivity index (χ4n) is 9.32. The number of aromatic nitrogens is 4. The third kappa shape index (κ3) is 12.7. The molecule has 0 radical (unpaired) electrons. The van der Waals surface area contributed by atoms with Crippen LogP contribution in [0.4, 0.5) is 34.9 Å². The Hall–Kier alpha value is -4.66. The molecule has 0 unspecified atom stereocenters. The summed E-state index contributed by atoms with van der Waals surface area (Å²) in [5, 5.41) is 25.0. The molecule has 4 aliphatic heterocycles. The number of amides is 2. The average molecular weight is 867 g/mol. The molecule has 6 heterocycles. The quantitative estimate of drug-likeness (QED) is 0.158. The average Bonchev–Trinajstić information content (AvgIpc) is 3.28. The maximum Gasteiger partial charge on any atom is 0.329 e. The minimum Gasteiger partial charge on any atom is -0.394 e. The smallest absolute Gasteiger partial charge is 0.329 e. The minimum atomic E-state index is -0.462. The van der Waals surface area contributed by atoms with Crippen LogP contribution in [0.1, 0.15) is 90.9 Å². The monoisotopic (exact) mass is 867 g/mol. The van der Waals surface area contributed by atoms with E-state index in [1.165, 1.54) is 6.20 Å². The summed E-state index contributed by atoms with van der Waals surface area (Å²) in [4.78, 5) is 57.9. The Balaban J connectivity index is 0.000000187. The van der Waals surface area contributed by atoms with Gasteiger partial charge in [-0.1, -0.05) is 0 Å². The van der Waals surface area contributed by atoms with Crippen LogP contribution in [0, 0.1) is 22.0 Å². The number of nitrogen functional groups attached to an aromatic ring is 1. The van der Waals surface area contributed by atoms with Gasteiger partial charge in [0.05, 0.1) is 55.4 Å². The summed E-state index contributed by atoms with van der Waals surface area (Å²) >= 11 is 0. The van der Waals surface area contributed by atoms with Crippen molar-refractivity contribution in [1.82, 2.24) is 29.7 Å². The highest BCUT2D eigenvalue weighted by molar-refractivity contribution is 5.79. The molecule has 2 aromatic heterocycles. The summed E-state index contributed by atoms with van der Waals surface area (Å²) in [6.07, 6.45) is 13.6. The van der Waals surface area contributed by atoms with Gasteiger partial charge in [0.25, 0.3) is 0 Å². The molecule has 6 fully saturated rings. The second-order valence-corrected chi connectivity index (χ2v) is 17.5. The SMILES string of the molecule is C[C@H]1C[C@@H](Nc2ncc(N)c(NC3CCC(C(=O)N4CCOCC4)CC3)n2)CCO1.C[C@H]1C[C@@H](Nc2ncc([N+](=O)[O-])c(NC3CCC(C(=O)N4CCOCC4)CC3)n2)CCO1. The van der Waals surface area contributed by atoms with Crippen LogP contribution in [-0.2, 0) is 28.5 Å². The van der Waals surface area contributed by atoms with Gasteiger partial charge in [-0.3, -0.25) is 19.7 Å². The van der Waals surface area contributed by atoms with Crippen LogP contribution in [0.2, 0.25) is 0 Å². The summed E-state index contributed by atoms with van der Waals surface area (Å²) < 4.78 is 21.9. The molecule has 342 valence electrons. The summed E-state index contributed by atoms with van der Waals surface area (Å²) in [6.45, 7) is 10.8. The molecule has 8 rings (SSSR count). The lowest BCUT2D eigenvalue weighted by Crippen LogP contribution is -2.45. The van der Waals surface area contributed by atoms with E-state index >= 15 is 0 Å². The van der Waals surface area contributed by atoms with Crippen molar-refractivity contribution < 1.29 is 33.5 Å². The zero-order chi connectivity index (χ0) is 43.4. The van der Waals surface area contributed by atoms with E-state index in [-0.39, 0.29) is 65.5 Å². The molecule has 2 aromatic rings. The molecule has 62 heavy (non-hydrogen) atoms. The first-order valence-corrected chi connectivity index (χ1v) is 22.7. The Kier molecular flexibility index (Phi) is 16.2. The Morgan fingerprint density at radius 3 is 1.52 bits per heavy atom. The van der Waals surface area contributed by atoms with Gasteiger partial charge >= 0.3 is 5.69 Å². The van der Waals surface area contributed by atoms with Gasteiger partial charge in [0, 0.05) is 75.4 Å². The van der Waals surface area contributed by atoms with Crippen LogP contribution in [0.25, 0.3) is 0 Å². The minimum absolute atomic E-state index is 0.0132. The predicted molar refractivity (Wildman–Crippen MR) is 233 cm³/mol. The molecular formula is C42H66N12O8. The van der Waals surface area contributed by atoms with Gasteiger partial charge in [0.15, 0.2) is 5.82 Å². The van der Waals surface area contributed by atoms with Gasteiger partial charge in [-0.05, 0) is 90.9 Å². The van der Waals surface area contributed by atoms with Crippen LogP contribution < -0.4 is 27.0 Å². The van der Waals surface area contributed by atoms with Gasteiger partial charge < -0.3 is 55.7 Å². The van der Waals surface area contributed by atoms with Gasteiger partial charge in [-0.2, -0.15) is 9.97 Å². The van der Waals surface area contributed by atoms with Crippen molar-refractivity contribution in [3.63, 3.8) is 0 Å². The molecule has 20 heteroatoms. The van der Waals surface area contributed by atoms with E-state index in [0.29, 0.717) is 75.6 Å². The van der Waals surface area contributed by atoms with Crippen molar-refractivity contribution in [1.29, 1.82) is 0 Å². The Morgan fingerprint density at radius 2 is 1.06 bits per heavy atom. The molecule has 0 spiro atoms. The molecule has 20 nitrogen and oxygen atoms in total. The number of ether oxygens (including phenoxy) is 4. The Bertz CT molecular complexity index is 1780. The molecule has 2 saturated carbocycles. The number of nitro groups is 1. The molecule has 4 atom stereocenters. The molecular weight excluding hydrogens is 801 g/mol. The van der Waals surface area contributed by atoms with E-state index in [0.717, 1.165) is 96.7 Å². The van der Waals surface area contributed by atoms with Crippen LogP contribution >= 0.6 is 0 Å². The first-order chi connectivity index (χ1) is 30.1. The summed E-state index contributed by atoms with van der Waals surface area (Å²) in [7, 11) is 0. The van der Waals surface area contributed by atoms with Crippen LogP contribution in [-0.4, -0.2) is 149 Å². The highest BCUT2D eigenvalue weighted by Gasteiger charge is 2.33. The van der Waals surface area contributed by atoms with Crippen LogP contribution in [0.3, 0.4) is 0 Å². The largest absolute Gasteiger partial charge is 0.394 e. The topological polar surface area (TPSA) is 246 Å². The highest BCUT2D eigenvalue weighted by Crippen LogP contribution is 2.32. The second kappa shape index (κ2) is 22.1. The van der Waals surface area contributed by atoms with E-state index in [9.17, 15) is 19.7 Å². The lowest BCUT2D eigenvalue weighted by atomic mass is 9.85. The fourth-order valence-corrected chi connectivity index (χ4v) is 9.32. The lowest BCUT2D eigenvalue weighted by Gasteiger charge is -2.34. The molecule has 2 aliphatic carbocycles. The lowest BCUT2D eigenvalue weighted by molar-refractivity contribution is -0.384. The number of hydrogen-bond donors (Lipinski definition) is 5. The van der Waals surface area contributed by atoms with Crippen molar-refractivity contribution in [3.8, 4) is 0 Å². The van der Waals surface area contributed by atoms with E-state index in [4.69, 9.17) is 24.7 Å². The number of anilines is 5. The zero-order valence-electron chi connectivity index (χ0n) is 36.3. The van der Waals surface area contributed by atoms with Gasteiger partial charge in [0.2, 0.25) is 29.5 Å². The van der Waals surface area contributed by atoms with E-state index in [1.54, 1.807) is 6.20 Å². The number of carbonyl (C=O) groups is 2. The van der Waals surface area contributed by atoms with Gasteiger partial charge in [-0.15, -0.1) is 0 Å². The summed E-state index contributed by atoms with van der Waals surface area (Å²) in [5.74, 6) is 2.52. The second-order valence-electron chi connectivity index (χ2n) is 17.5. The van der Waals surface area contributed by atoms with Crippen LogP contribution in [0.5, 0.6) is 0 Å². The normalized spacial score (nSPS) is 29.3. The number of nitrogens with one attached hydrogen (secondary N) is 4. The molecule has 0 aromatic carbocycles. The van der Waals surface area contributed by atoms with E-state index < -0.39 is 4.92 Å². The molecule has 6 N–H and O–H groups in total. The van der Waals surface area contributed by atoms with Crippen molar-refractivity contribution >= 4 is 46.7 Å². The molecule has 6 aliphatic rings. The maximum atomic E-state index is 12.7.